The third-order valence-corrected chi connectivity index (χ3v) is 13.7. The van der Waals surface area contributed by atoms with Gasteiger partial charge in [0.25, 0.3) is 0 Å². The molecule has 0 aliphatic rings. The van der Waals surface area contributed by atoms with Crippen LogP contribution in [0.4, 0.5) is 0 Å². The molecule has 54 heavy (non-hydrogen) atoms. The largest absolute Gasteiger partial charge is 0.135 e. The summed E-state index contributed by atoms with van der Waals surface area (Å²) in [5.41, 5.74) is 7.61. The van der Waals surface area contributed by atoms with Gasteiger partial charge in [-0.2, -0.15) is 0 Å². The quantitative estimate of drug-likeness (QED) is 0.160. The van der Waals surface area contributed by atoms with Crippen molar-refractivity contribution in [1.82, 2.24) is 0 Å². The lowest BCUT2D eigenvalue weighted by atomic mass is 9.84. The summed E-state index contributed by atoms with van der Waals surface area (Å²) >= 11 is 3.79. The summed E-state index contributed by atoms with van der Waals surface area (Å²) in [5, 5.41) is 15.6. The van der Waals surface area contributed by atoms with Gasteiger partial charge in [0, 0.05) is 40.3 Å². The molecule has 0 saturated heterocycles. The lowest BCUT2D eigenvalue weighted by Crippen LogP contribution is -1.92. The normalized spacial score (nSPS) is 12.1. The van der Waals surface area contributed by atoms with Gasteiger partial charge in [-0.25, -0.2) is 0 Å². The van der Waals surface area contributed by atoms with Crippen LogP contribution in [0.1, 0.15) is 0 Å². The van der Waals surface area contributed by atoms with Gasteiger partial charge in [-0.15, -0.1) is 22.7 Å². The lowest BCUT2D eigenvalue weighted by Gasteiger charge is -2.19. The molecule has 0 bridgehead atoms. The van der Waals surface area contributed by atoms with Crippen molar-refractivity contribution in [3.05, 3.63) is 182 Å². The molecule has 2 heterocycles. The van der Waals surface area contributed by atoms with Gasteiger partial charge < -0.3 is 0 Å². The summed E-state index contributed by atoms with van der Waals surface area (Å²) in [6.07, 6.45) is 0. The predicted octanol–water partition coefficient (Wildman–Crippen LogP) is 16.0. The Bertz CT molecular complexity index is 3430. The topological polar surface area (TPSA) is 0 Å². The highest BCUT2D eigenvalue weighted by atomic mass is 32.1. The van der Waals surface area contributed by atoms with E-state index in [0.29, 0.717) is 0 Å². The number of benzene rings is 10. The van der Waals surface area contributed by atoms with Crippen LogP contribution in [0.15, 0.2) is 182 Å². The Morgan fingerprint density at radius 2 is 0.704 bits per heavy atom. The first kappa shape index (κ1) is 30.2. The molecule has 0 aliphatic heterocycles. The van der Waals surface area contributed by atoms with Gasteiger partial charge in [0.05, 0.1) is 0 Å². The van der Waals surface area contributed by atoms with Crippen LogP contribution in [0.5, 0.6) is 0 Å². The monoisotopic (exact) mass is 718 g/mol. The van der Waals surface area contributed by atoms with Crippen molar-refractivity contribution < 1.29 is 0 Å². The van der Waals surface area contributed by atoms with Gasteiger partial charge in [-0.05, 0) is 119 Å². The highest BCUT2D eigenvalue weighted by Crippen LogP contribution is 2.47. The molecule has 0 radical (unpaired) electrons. The minimum atomic E-state index is 1.24. The smallest absolute Gasteiger partial charge is 0.0361 e. The summed E-state index contributed by atoms with van der Waals surface area (Å²) in [6, 6.07) is 67.9. The van der Waals surface area contributed by atoms with Crippen LogP contribution in [0.2, 0.25) is 0 Å². The van der Waals surface area contributed by atoms with Crippen molar-refractivity contribution in [3.8, 4) is 33.4 Å². The second kappa shape index (κ2) is 11.6. The Morgan fingerprint density at radius 3 is 1.37 bits per heavy atom. The molecule has 2 aromatic heterocycles. The molecule has 12 rings (SSSR count). The van der Waals surface area contributed by atoms with E-state index in [0.717, 1.165) is 0 Å². The fourth-order valence-electron chi connectivity index (χ4n) is 9.01. The van der Waals surface area contributed by atoms with Crippen molar-refractivity contribution in [1.29, 1.82) is 0 Å². The third kappa shape index (κ3) is 4.42. The van der Waals surface area contributed by atoms with E-state index in [1.807, 2.05) is 22.7 Å². The number of thiophene rings is 2. The van der Waals surface area contributed by atoms with Gasteiger partial charge in [0.1, 0.15) is 0 Å². The molecule has 10 aromatic carbocycles. The zero-order valence-electron chi connectivity index (χ0n) is 29.1. The average molecular weight is 719 g/mol. The van der Waals surface area contributed by atoms with Crippen LogP contribution in [0.3, 0.4) is 0 Å². The van der Waals surface area contributed by atoms with Crippen LogP contribution in [0.25, 0.3) is 117 Å². The summed E-state index contributed by atoms with van der Waals surface area (Å²) in [6.45, 7) is 0. The zero-order chi connectivity index (χ0) is 35.3. The number of rotatable bonds is 3. The Labute approximate surface area is 319 Å². The summed E-state index contributed by atoms with van der Waals surface area (Å²) in [4.78, 5) is 0. The molecule has 0 saturated carbocycles. The highest BCUT2D eigenvalue weighted by Gasteiger charge is 2.19. The first-order valence-corrected chi connectivity index (χ1v) is 20.1. The van der Waals surface area contributed by atoms with E-state index in [-0.39, 0.29) is 0 Å². The number of hydrogen-bond acceptors (Lipinski definition) is 2. The molecular weight excluding hydrogens is 689 g/mol. The Morgan fingerprint density at radius 1 is 0.241 bits per heavy atom. The van der Waals surface area contributed by atoms with E-state index in [2.05, 4.69) is 182 Å². The molecule has 0 aliphatic carbocycles. The Balaban J connectivity index is 1.07. The predicted molar refractivity (Wildman–Crippen MR) is 239 cm³/mol. The molecule has 2 heteroatoms. The zero-order valence-corrected chi connectivity index (χ0v) is 30.8. The van der Waals surface area contributed by atoms with Crippen LogP contribution in [0, 0.1) is 0 Å². The molecule has 0 fully saturated rings. The molecule has 0 amide bonds. The highest BCUT2D eigenvalue weighted by molar-refractivity contribution is 7.26. The first-order valence-electron chi connectivity index (χ1n) is 18.5. The van der Waals surface area contributed by atoms with Crippen LogP contribution in [-0.2, 0) is 0 Å². The molecule has 250 valence electrons. The average Bonchev–Trinajstić information content (AvgIpc) is 3.77. The number of hydrogen-bond donors (Lipinski definition) is 0. The molecule has 0 atom stereocenters. The van der Waals surface area contributed by atoms with Crippen molar-refractivity contribution in [3.63, 3.8) is 0 Å². The summed E-state index contributed by atoms with van der Waals surface area (Å²) in [7, 11) is 0. The third-order valence-electron chi connectivity index (χ3n) is 11.4. The van der Waals surface area contributed by atoms with E-state index in [4.69, 9.17) is 0 Å². The molecular formula is C52H30S2. The van der Waals surface area contributed by atoms with E-state index in [1.165, 1.54) is 117 Å². The minimum absolute atomic E-state index is 1.24. The Kier molecular flexibility index (Phi) is 6.48. The van der Waals surface area contributed by atoms with Crippen LogP contribution >= 0.6 is 22.7 Å². The first-order chi connectivity index (χ1) is 26.8. The minimum Gasteiger partial charge on any atom is -0.135 e. The maximum atomic E-state index is 2.43. The second-order valence-electron chi connectivity index (χ2n) is 14.4. The van der Waals surface area contributed by atoms with Gasteiger partial charge in [-0.1, -0.05) is 140 Å². The standard InChI is InChI=1S/C52H30S2/c1-2-12-31(13-3-1)51-39-17-6-8-19-41(39)52(42-20-9-7-18-40(42)51)43-24-23-35(36-14-4-5-15-37(36)43)32-22-25-48-45(26-32)46-28-33-27-44-38-16-10-11-21-47(38)53-49(44)29-34(33)30-50(46)54-48/h1-30H. The van der Waals surface area contributed by atoms with E-state index < -0.39 is 0 Å². The molecule has 0 N–H and O–H groups in total. The number of fused-ring (bicyclic) bond motifs is 10. The molecule has 0 spiro atoms. The van der Waals surface area contributed by atoms with E-state index >= 15 is 0 Å². The van der Waals surface area contributed by atoms with Crippen molar-refractivity contribution in [2.45, 2.75) is 0 Å². The molecule has 0 unspecified atom stereocenters. The van der Waals surface area contributed by atoms with Crippen molar-refractivity contribution in [2.24, 2.45) is 0 Å². The SMILES string of the molecule is c1ccc(-c2c3ccccc3c(-c3ccc(-c4ccc5sc6cc7cc8sc9ccccc9c8cc7cc6c5c4)c4ccccc34)c3ccccc23)cc1. The maximum absolute atomic E-state index is 2.43. The fraction of sp³-hybridized carbons (Fsp3) is 0. The van der Waals surface area contributed by atoms with Crippen LogP contribution < -0.4 is 0 Å². The molecule has 12 aromatic rings. The molecule has 0 nitrogen and oxygen atoms in total. The fourth-order valence-corrected chi connectivity index (χ4v) is 11.3. The lowest BCUT2D eigenvalue weighted by molar-refractivity contribution is 1.66. The van der Waals surface area contributed by atoms with Crippen molar-refractivity contribution >= 4 is 106 Å². The second-order valence-corrected chi connectivity index (χ2v) is 16.5. The Hall–Kier alpha value is -6.32. The van der Waals surface area contributed by atoms with E-state index in [9.17, 15) is 0 Å². The summed E-state index contributed by atoms with van der Waals surface area (Å²) in [5.74, 6) is 0. The van der Waals surface area contributed by atoms with Gasteiger partial charge in [-0.3, -0.25) is 0 Å². The van der Waals surface area contributed by atoms with E-state index in [1.54, 1.807) is 0 Å². The van der Waals surface area contributed by atoms with Crippen molar-refractivity contribution in [2.75, 3.05) is 0 Å². The van der Waals surface area contributed by atoms with Gasteiger partial charge in [0.15, 0.2) is 0 Å². The van der Waals surface area contributed by atoms with Crippen LogP contribution in [-0.4, -0.2) is 0 Å². The summed E-state index contributed by atoms with van der Waals surface area (Å²) < 4.78 is 5.38. The van der Waals surface area contributed by atoms with Gasteiger partial charge >= 0.3 is 0 Å². The van der Waals surface area contributed by atoms with Gasteiger partial charge in [0.2, 0.25) is 0 Å². The maximum Gasteiger partial charge on any atom is 0.0361 e.